The predicted octanol–water partition coefficient (Wildman–Crippen LogP) is 4.27. The first-order chi connectivity index (χ1) is 11.5. The number of carbonyl (C=O) groups excluding carboxylic acids is 1. The number of benzene rings is 1. The van der Waals surface area contributed by atoms with Crippen LogP contribution in [0.1, 0.15) is 55.2 Å². The Morgan fingerprint density at radius 2 is 1.71 bits per heavy atom. The zero-order chi connectivity index (χ0) is 17.5. The summed E-state index contributed by atoms with van der Waals surface area (Å²) in [5.41, 5.74) is 4.10. The Morgan fingerprint density at radius 1 is 1.12 bits per heavy atom. The van der Waals surface area contributed by atoms with E-state index < -0.39 is 0 Å². The summed E-state index contributed by atoms with van der Waals surface area (Å²) < 4.78 is 0. The number of amides is 1. The van der Waals surface area contributed by atoms with Gasteiger partial charge in [-0.2, -0.15) is 5.26 Å². The van der Waals surface area contributed by atoms with Crippen LogP contribution in [-0.4, -0.2) is 11.9 Å². The van der Waals surface area contributed by atoms with Gasteiger partial charge in [0.25, 0.3) is 5.91 Å². The van der Waals surface area contributed by atoms with Crippen molar-refractivity contribution in [2.75, 3.05) is 5.32 Å². The van der Waals surface area contributed by atoms with Crippen molar-refractivity contribution in [3.8, 4) is 6.07 Å². The van der Waals surface area contributed by atoms with E-state index in [4.69, 9.17) is 0 Å². The first-order valence-corrected chi connectivity index (χ1v) is 8.76. The minimum Gasteiger partial charge on any atom is -0.387 e. The van der Waals surface area contributed by atoms with E-state index in [1.54, 1.807) is 6.20 Å². The van der Waals surface area contributed by atoms with Crippen LogP contribution in [0.15, 0.2) is 23.9 Å². The molecule has 0 radical (unpaired) electrons. The van der Waals surface area contributed by atoms with Crippen LogP contribution in [-0.2, 0) is 4.79 Å². The molecule has 0 bridgehead atoms. The standard InChI is InChI=1S/C20H27N3O/c1-14-10-15(2)19(16(3)11-14)23-20(24)17(12-21)13-22-18-8-6-4-5-7-9-18/h10-11,13,18,22H,4-9H2,1-3H3,(H,23,24)/b17-13-. The summed E-state index contributed by atoms with van der Waals surface area (Å²) in [4.78, 5) is 12.4. The van der Waals surface area contributed by atoms with Crippen molar-refractivity contribution in [2.24, 2.45) is 0 Å². The number of rotatable bonds is 4. The molecule has 0 aliphatic heterocycles. The van der Waals surface area contributed by atoms with E-state index >= 15 is 0 Å². The van der Waals surface area contributed by atoms with E-state index in [0.29, 0.717) is 6.04 Å². The van der Waals surface area contributed by atoms with Crippen LogP contribution in [0.3, 0.4) is 0 Å². The fraction of sp³-hybridized carbons (Fsp3) is 0.500. The zero-order valence-corrected chi connectivity index (χ0v) is 14.9. The maximum atomic E-state index is 12.4. The Balaban J connectivity index is 2.06. The lowest BCUT2D eigenvalue weighted by molar-refractivity contribution is -0.112. The second-order valence-electron chi connectivity index (χ2n) is 6.75. The van der Waals surface area contributed by atoms with Crippen LogP contribution in [0.2, 0.25) is 0 Å². The van der Waals surface area contributed by atoms with Gasteiger partial charge in [0.15, 0.2) is 0 Å². The molecule has 128 valence electrons. The summed E-state index contributed by atoms with van der Waals surface area (Å²) in [6.45, 7) is 5.97. The van der Waals surface area contributed by atoms with Gasteiger partial charge in [-0.3, -0.25) is 4.79 Å². The predicted molar refractivity (Wildman–Crippen MR) is 97.6 cm³/mol. The van der Waals surface area contributed by atoms with Crippen molar-refractivity contribution in [1.29, 1.82) is 5.26 Å². The molecule has 0 saturated heterocycles. The van der Waals surface area contributed by atoms with Crippen LogP contribution < -0.4 is 10.6 Å². The van der Waals surface area contributed by atoms with E-state index in [0.717, 1.165) is 35.2 Å². The number of hydrogen-bond acceptors (Lipinski definition) is 3. The lowest BCUT2D eigenvalue weighted by Gasteiger charge is -2.15. The Labute approximate surface area is 144 Å². The Kier molecular flexibility index (Phi) is 6.43. The van der Waals surface area contributed by atoms with E-state index in [9.17, 15) is 10.1 Å². The normalized spacial score (nSPS) is 16.2. The molecule has 4 heteroatoms. The maximum absolute atomic E-state index is 12.4. The minimum absolute atomic E-state index is 0.124. The minimum atomic E-state index is -0.353. The SMILES string of the molecule is Cc1cc(C)c(NC(=O)/C(C#N)=C\NC2CCCCCC2)c(C)c1. The highest BCUT2D eigenvalue weighted by Crippen LogP contribution is 2.22. The average molecular weight is 325 g/mol. The lowest BCUT2D eigenvalue weighted by atomic mass is 10.0. The molecule has 1 aliphatic carbocycles. The van der Waals surface area contributed by atoms with Gasteiger partial charge in [0.1, 0.15) is 11.6 Å². The number of nitrogens with zero attached hydrogens (tertiary/aromatic N) is 1. The van der Waals surface area contributed by atoms with E-state index in [-0.39, 0.29) is 11.5 Å². The highest BCUT2D eigenvalue weighted by Gasteiger charge is 2.15. The van der Waals surface area contributed by atoms with E-state index in [2.05, 4.69) is 10.6 Å². The summed E-state index contributed by atoms with van der Waals surface area (Å²) >= 11 is 0. The summed E-state index contributed by atoms with van der Waals surface area (Å²) in [6, 6.07) is 6.44. The van der Waals surface area contributed by atoms with E-state index in [1.165, 1.54) is 25.7 Å². The van der Waals surface area contributed by atoms with Crippen molar-refractivity contribution in [3.63, 3.8) is 0 Å². The second-order valence-corrected chi connectivity index (χ2v) is 6.75. The maximum Gasteiger partial charge on any atom is 0.267 e. The molecule has 1 aromatic rings. The molecule has 0 unspecified atom stereocenters. The topological polar surface area (TPSA) is 64.9 Å². The fourth-order valence-electron chi connectivity index (χ4n) is 3.35. The molecule has 1 aliphatic rings. The molecule has 1 aromatic carbocycles. The van der Waals surface area contributed by atoms with Crippen LogP contribution in [0.4, 0.5) is 5.69 Å². The van der Waals surface area contributed by atoms with Gasteiger partial charge < -0.3 is 10.6 Å². The lowest BCUT2D eigenvalue weighted by Crippen LogP contribution is -2.25. The molecule has 0 heterocycles. The third-order valence-corrected chi connectivity index (χ3v) is 4.60. The van der Waals surface area contributed by atoms with Gasteiger partial charge in [0.05, 0.1) is 0 Å². The summed E-state index contributed by atoms with van der Waals surface area (Å²) in [7, 11) is 0. The van der Waals surface area contributed by atoms with Gasteiger partial charge in [0.2, 0.25) is 0 Å². The molecule has 4 nitrogen and oxygen atoms in total. The van der Waals surface area contributed by atoms with Crippen molar-refractivity contribution in [2.45, 2.75) is 65.3 Å². The van der Waals surface area contributed by atoms with Gasteiger partial charge in [-0.15, -0.1) is 0 Å². The third kappa shape index (κ3) is 4.86. The molecular weight excluding hydrogens is 298 g/mol. The molecule has 2 rings (SSSR count). The van der Waals surface area contributed by atoms with Crippen LogP contribution >= 0.6 is 0 Å². The number of nitriles is 1. The van der Waals surface area contributed by atoms with Crippen molar-refractivity contribution < 1.29 is 4.79 Å². The molecule has 0 aromatic heterocycles. The molecule has 1 saturated carbocycles. The van der Waals surface area contributed by atoms with Crippen LogP contribution in [0.5, 0.6) is 0 Å². The monoisotopic (exact) mass is 325 g/mol. The first kappa shape index (κ1) is 18.1. The first-order valence-electron chi connectivity index (χ1n) is 8.76. The van der Waals surface area contributed by atoms with Gasteiger partial charge in [-0.1, -0.05) is 43.4 Å². The van der Waals surface area contributed by atoms with Gasteiger partial charge in [-0.25, -0.2) is 0 Å². The highest BCUT2D eigenvalue weighted by atomic mass is 16.1. The molecule has 2 N–H and O–H groups in total. The Hall–Kier alpha value is -2.28. The quantitative estimate of drug-likeness (QED) is 0.493. The van der Waals surface area contributed by atoms with Gasteiger partial charge in [0, 0.05) is 17.9 Å². The largest absolute Gasteiger partial charge is 0.387 e. The third-order valence-electron chi connectivity index (χ3n) is 4.60. The van der Waals surface area contributed by atoms with Gasteiger partial charge in [-0.05, 0) is 44.7 Å². The smallest absolute Gasteiger partial charge is 0.267 e. The number of carbonyl (C=O) groups is 1. The molecule has 0 spiro atoms. The molecule has 0 atom stereocenters. The molecule has 1 fully saturated rings. The Morgan fingerprint density at radius 3 is 2.25 bits per heavy atom. The van der Waals surface area contributed by atoms with Gasteiger partial charge >= 0.3 is 0 Å². The number of anilines is 1. The Bertz CT molecular complexity index is 639. The highest BCUT2D eigenvalue weighted by molar-refractivity contribution is 6.07. The summed E-state index contributed by atoms with van der Waals surface area (Å²) in [5.74, 6) is -0.353. The fourth-order valence-corrected chi connectivity index (χ4v) is 3.35. The second kappa shape index (κ2) is 8.54. The van der Waals surface area contributed by atoms with E-state index in [1.807, 2.05) is 39.0 Å². The number of aryl methyl sites for hydroxylation is 3. The summed E-state index contributed by atoms with van der Waals surface area (Å²) in [5, 5.41) is 15.5. The molecule has 24 heavy (non-hydrogen) atoms. The number of nitrogens with one attached hydrogen (secondary N) is 2. The summed E-state index contributed by atoms with van der Waals surface area (Å²) in [6.07, 6.45) is 8.77. The average Bonchev–Trinajstić information content (AvgIpc) is 2.80. The number of hydrogen-bond donors (Lipinski definition) is 2. The molecular formula is C20H27N3O. The molecule has 1 amide bonds. The van der Waals surface area contributed by atoms with Crippen LogP contribution in [0, 0.1) is 32.1 Å². The van der Waals surface area contributed by atoms with Crippen LogP contribution in [0.25, 0.3) is 0 Å². The van der Waals surface area contributed by atoms with Crippen molar-refractivity contribution in [1.82, 2.24) is 5.32 Å². The zero-order valence-electron chi connectivity index (χ0n) is 14.9. The van der Waals surface area contributed by atoms with Crippen molar-refractivity contribution in [3.05, 3.63) is 40.6 Å². The van der Waals surface area contributed by atoms with Crippen molar-refractivity contribution >= 4 is 11.6 Å².